The molecule has 1 fully saturated rings. The highest BCUT2D eigenvalue weighted by Crippen LogP contribution is 2.24. The highest BCUT2D eigenvalue weighted by atomic mass is 79.9. The van der Waals surface area contributed by atoms with Crippen LogP contribution in [0.15, 0.2) is 22.7 Å². The summed E-state index contributed by atoms with van der Waals surface area (Å²) in [6, 6.07) is 4.60. The zero-order valence-corrected chi connectivity index (χ0v) is 12.0. The van der Waals surface area contributed by atoms with E-state index in [0.717, 1.165) is 19.3 Å². The first kappa shape index (κ1) is 13.5. The summed E-state index contributed by atoms with van der Waals surface area (Å²) in [4.78, 5) is 12.1. The van der Waals surface area contributed by atoms with E-state index in [1.807, 2.05) is 0 Å². The van der Waals surface area contributed by atoms with Crippen LogP contribution in [0, 0.1) is 11.7 Å². The Morgan fingerprint density at radius 2 is 2.11 bits per heavy atom. The van der Waals surface area contributed by atoms with E-state index in [1.54, 1.807) is 6.07 Å². The van der Waals surface area contributed by atoms with Crippen molar-refractivity contribution in [2.75, 3.05) is 0 Å². The van der Waals surface area contributed by atoms with Gasteiger partial charge in [-0.2, -0.15) is 0 Å². The molecule has 0 spiro atoms. The van der Waals surface area contributed by atoms with Gasteiger partial charge in [-0.3, -0.25) is 4.79 Å². The van der Waals surface area contributed by atoms with E-state index < -0.39 is 5.82 Å². The second kappa shape index (κ2) is 5.83. The number of nitrogens with one attached hydrogen (secondary N) is 1. The third kappa shape index (κ3) is 3.10. The van der Waals surface area contributed by atoms with E-state index in [0.29, 0.717) is 10.4 Å². The lowest BCUT2D eigenvalue weighted by Gasteiger charge is -2.29. The highest BCUT2D eigenvalue weighted by molar-refractivity contribution is 9.10. The summed E-state index contributed by atoms with van der Waals surface area (Å²) in [5.74, 6) is -0.315. The van der Waals surface area contributed by atoms with Gasteiger partial charge in [0.25, 0.3) is 5.91 Å². The lowest BCUT2D eigenvalue weighted by molar-refractivity contribution is 0.0906. The van der Waals surface area contributed by atoms with Crippen LogP contribution in [0.4, 0.5) is 4.39 Å². The van der Waals surface area contributed by atoms with Gasteiger partial charge in [-0.15, -0.1) is 0 Å². The molecule has 0 heterocycles. The molecular weight excluding hydrogens is 297 g/mol. The maximum atomic E-state index is 13.6. The van der Waals surface area contributed by atoms with Crippen molar-refractivity contribution >= 4 is 21.8 Å². The molecule has 1 aromatic rings. The number of hydrogen-bond donors (Lipinski definition) is 1. The van der Waals surface area contributed by atoms with Gasteiger partial charge in [0.1, 0.15) is 5.82 Å². The van der Waals surface area contributed by atoms with Crippen molar-refractivity contribution in [1.82, 2.24) is 5.32 Å². The SMILES string of the molecule is C[C@H]1CCCC[C@@H]1NC(=O)c1cc(Br)ccc1F. The van der Waals surface area contributed by atoms with Crippen LogP contribution in [0.1, 0.15) is 43.0 Å². The van der Waals surface area contributed by atoms with E-state index in [9.17, 15) is 9.18 Å². The number of amides is 1. The van der Waals surface area contributed by atoms with Crippen LogP contribution >= 0.6 is 15.9 Å². The predicted octanol–water partition coefficient (Wildman–Crippen LogP) is 3.90. The molecule has 1 amide bonds. The summed E-state index contributed by atoms with van der Waals surface area (Å²) < 4.78 is 14.3. The third-order valence-electron chi connectivity index (χ3n) is 3.60. The minimum absolute atomic E-state index is 0.113. The Kier molecular flexibility index (Phi) is 4.38. The van der Waals surface area contributed by atoms with Crippen molar-refractivity contribution in [2.24, 2.45) is 5.92 Å². The van der Waals surface area contributed by atoms with Crippen LogP contribution in [0.2, 0.25) is 0 Å². The fraction of sp³-hybridized carbons (Fsp3) is 0.500. The Hall–Kier alpha value is -0.900. The Labute approximate surface area is 115 Å². The number of benzene rings is 1. The summed E-state index contributed by atoms with van der Waals surface area (Å²) in [6.45, 7) is 2.14. The molecule has 0 bridgehead atoms. The summed E-state index contributed by atoms with van der Waals surface area (Å²) >= 11 is 3.26. The molecule has 1 saturated carbocycles. The first-order chi connectivity index (χ1) is 8.58. The maximum absolute atomic E-state index is 13.6. The smallest absolute Gasteiger partial charge is 0.254 e. The number of rotatable bonds is 2. The average molecular weight is 314 g/mol. The van der Waals surface area contributed by atoms with Crippen LogP contribution in [0.5, 0.6) is 0 Å². The molecule has 2 rings (SSSR count). The molecule has 0 radical (unpaired) electrons. The fourth-order valence-electron chi connectivity index (χ4n) is 2.45. The second-order valence-electron chi connectivity index (χ2n) is 4.97. The summed E-state index contributed by atoms with van der Waals surface area (Å²) in [5.41, 5.74) is 0.113. The Bertz CT molecular complexity index is 449. The molecule has 0 aliphatic heterocycles. The highest BCUT2D eigenvalue weighted by Gasteiger charge is 2.24. The van der Waals surface area contributed by atoms with Crippen molar-refractivity contribution in [2.45, 2.75) is 38.6 Å². The number of halogens is 2. The summed E-state index contributed by atoms with van der Waals surface area (Å²) in [5, 5.41) is 2.95. The normalized spacial score (nSPS) is 23.7. The number of carbonyl (C=O) groups is 1. The minimum Gasteiger partial charge on any atom is -0.349 e. The van der Waals surface area contributed by atoms with E-state index in [-0.39, 0.29) is 17.5 Å². The zero-order chi connectivity index (χ0) is 13.1. The first-order valence-electron chi connectivity index (χ1n) is 6.34. The van der Waals surface area contributed by atoms with Crippen LogP contribution < -0.4 is 5.32 Å². The molecule has 0 saturated heterocycles. The van der Waals surface area contributed by atoms with Gasteiger partial charge in [-0.1, -0.05) is 35.7 Å². The quantitative estimate of drug-likeness (QED) is 0.881. The van der Waals surface area contributed by atoms with Crippen LogP contribution in [0.3, 0.4) is 0 Å². The molecule has 1 N–H and O–H groups in total. The van der Waals surface area contributed by atoms with E-state index in [4.69, 9.17) is 0 Å². The Morgan fingerprint density at radius 1 is 1.39 bits per heavy atom. The minimum atomic E-state index is -0.473. The monoisotopic (exact) mass is 313 g/mol. The molecule has 1 aliphatic rings. The van der Waals surface area contributed by atoms with Gasteiger partial charge in [0.05, 0.1) is 5.56 Å². The van der Waals surface area contributed by atoms with Crippen molar-refractivity contribution in [1.29, 1.82) is 0 Å². The van der Waals surface area contributed by atoms with E-state index in [1.165, 1.54) is 18.6 Å². The molecule has 1 aromatic carbocycles. The summed E-state index contributed by atoms with van der Waals surface area (Å²) in [6.07, 6.45) is 4.48. The van der Waals surface area contributed by atoms with Crippen LogP contribution in [0.25, 0.3) is 0 Å². The summed E-state index contributed by atoms with van der Waals surface area (Å²) in [7, 11) is 0. The maximum Gasteiger partial charge on any atom is 0.254 e. The van der Waals surface area contributed by atoms with Crippen molar-refractivity contribution in [3.05, 3.63) is 34.1 Å². The lowest BCUT2D eigenvalue weighted by Crippen LogP contribution is -2.41. The van der Waals surface area contributed by atoms with Crippen LogP contribution in [-0.2, 0) is 0 Å². The van der Waals surface area contributed by atoms with Crippen molar-refractivity contribution in [3.8, 4) is 0 Å². The van der Waals surface area contributed by atoms with Gasteiger partial charge in [-0.25, -0.2) is 4.39 Å². The Morgan fingerprint density at radius 3 is 2.83 bits per heavy atom. The molecule has 0 unspecified atom stereocenters. The van der Waals surface area contributed by atoms with E-state index >= 15 is 0 Å². The van der Waals surface area contributed by atoms with Gasteiger partial charge >= 0.3 is 0 Å². The van der Waals surface area contributed by atoms with Crippen molar-refractivity contribution in [3.63, 3.8) is 0 Å². The average Bonchev–Trinajstić information content (AvgIpc) is 2.35. The topological polar surface area (TPSA) is 29.1 Å². The molecule has 98 valence electrons. The van der Waals surface area contributed by atoms with Crippen LogP contribution in [-0.4, -0.2) is 11.9 Å². The van der Waals surface area contributed by atoms with E-state index in [2.05, 4.69) is 28.2 Å². The predicted molar refractivity (Wildman–Crippen MR) is 73.0 cm³/mol. The van der Waals surface area contributed by atoms with Gasteiger partial charge in [0.15, 0.2) is 0 Å². The lowest BCUT2D eigenvalue weighted by atomic mass is 9.86. The molecule has 18 heavy (non-hydrogen) atoms. The molecule has 1 aliphatic carbocycles. The fourth-order valence-corrected chi connectivity index (χ4v) is 2.81. The third-order valence-corrected chi connectivity index (χ3v) is 4.09. The molecular formula is C14H17BrFNO. The number of hydrogen-bond acceptors (Lipinski definition) is 1. The largest absolute Gasteiger partial charge is 0.349 e. The molecule has 0 aromatic heterocycles. The number of carbonyl (C=O) groups excluding carboxylic acids is 1. The first-order valence-corrected chi connectivity index (χ1v) is 7.13. The second-order valence-corrected chi connectivity index (χ2v) is 5.88. The van der Waals surface area contributed by atoms with Gasteiger partial charge in [0, 0.05) is 10.5 Å². The van der Waals surface area contributed by atoms with Gasteiger partial charge < -0.3 is 5.32 Å². The van der Waals surface area contributed by atoms with Gasteiger partial charge in [-0.05, 0) is 37.0 Å². The standard InChI is InChI=1S/C14H17BrFNO/c1-9-4-2-3-5-13(9)17-14(18)11-8-10(15)6-7-12(11)16/h6-9,13H,2-5H2,1H3,(H,17,18)/t9-,13-/m0/s1. The van der Waals surface area contributed by atoms with Crippen molar-refractivity contribution < 1.29 is 9.18 Å². The van der Waals surface area contributed by atoms with Gasteiger partial charge in [0.2, 0.25) is 0 Å². The molecule has 4 heteroatoms. The Balaban J connectivity index is 2.09. The molecule has 2 nitrogen and oxygen atoms in total. The zero-order valence-electron chi connectivity index (χ0n) is 10.4. The molecule has 2 atom stereocenters.